The van der Waals surface area contributed by atoms with Crippen LogP contribution in [0.2, 0.25) is 0 Å². The number of alkyl halides is 3. The van der Waals surface area contributed by atoms with E-state index in [1.807, 2.05) is 0 Å². The first-order valence-corrected chi connectivity index (χ1v) is 5.05. The minimum absolute atomic E-state index is 0.0248. The molecule has 0 spiro atoms. The number of rotatable bonds is 4. The van der Waals surface area contributed by atoms with Gasteiger partial charge in [0, 0.05) is 12.1 Å². The lowest BCUT2D eigenvalue weighted by molar-refractivity contribution is -0.401. The van der Waals surface area contributed by atoms with Crippen molar-refractivity contribution >= 4 is 11.5 Å². The lowest BCUT2D eigenvalue weighted by Crippen LogP contribution is -2.37. The molecule has 0 bridgehead atoms. The second-order valence-electron chi connectivity index (χ2n) is 3.49. The second kappa shape index (κ2) is 5.98. The summed E-state index contributed by atoms with van der Waals surface area (Å²) in [6.07, 6.45) is -4.46. The molecule has 0 saturated carbocycles. The van der Waals surface area contributed by atoms with Gasteiger partial charge in [-0.05, 0) is 5.56 Å². The number of carbonyl (C=O) groups excluding carboxylic acids is 1. The third-order valence-electron chi connectivity index (χ3n) is 2.10. The zero-order valence-corrected chi connectivity index (χ0v) is 9.48. The summed E-state index contributed by atoms with van der Waals surface area (Å²) in [5.74, 6) is -2.14. The fourth-order valence-electron chi connectivity index (χ4n) is 1.28. The van der Waals surface area contributed by atoms with Crippen molar-refractivity contribution < 1.29 is 22.9 Å². The zero-order chi connectivity index (χ0) is 14.5. The molecule has 102 valence electrons. The normalized spacial score (nSPS) is 12.1. The van der Waals surface area contributed by atoms with Crippen molar-refractivity contribution in [1.29, 1.82) is 0 Å². The van der Waals surface area contributed by atoms with Gasteiger partial charge in [0.1, 0.15) is 0 Å². The molecular formula is C11H9F3N2O3. The Hall–Kier alpha value is -2.38. The van der Waals surface area contributed by atoms with Crippen LogP contribution in [0.15, 0.2) is 36.5 Å². The number of halogens is 3. The van der Waals surface area contributed by atoms with Gasteiger partial charge in [0.15, 0.2) is 0 Å². The standard InChI is InChI=1S/C11H9F3N2O3/c12-11(13,14)10(17)15-6-9(7-16(18)19)8-4-2-1-3-5-8/h1-5,7H,6H2,(H,15,17)/b9-7+. The van der Waals surface area contributed by atoms with Crippen LogP contribution in [0.3, 0.4) is 0 Å². The maximum Gasteiger partial charge on any atom is 0.471 e. The summed E-state index contributed by atoms with van der Waals surface area (Å²) < 4.78 is 36.0. The van der Waals surface area contributed by atoms with Crippen molar-refractivity contribution in [3.63, 3.8) is 0 Å². The second-order valence-corrected chi connectivity index (χ2v) is 3.49. The Labute approximate surface area is 105 Å². The molecule has 1 rings (SSSR count). The van der Waals surface area contributed by atoms with E-state index >= 15 is 0 Å². The number of nitrogens with one attached hydrogen (secondary N) is 1. The lowest BCUT2D eigenvalue weighted by Gasteiger charge is -2.09. The van der Waals surface area contributed by atoms with E-state index in [-0.39, 0.29) is 5.57 Å². The molecule has 0 saturated heterocycles. The maximum atomic E-state index is 12.0. The molecule has 1 N–H and O–H groups in total. The third-order valence-corrected chi connectivity index (χ3v) is 2.10. The van der Waals surface area contributed by atoms with Crippen molar-refractivity contribution in [2.24, 2.45) is 0 Å². The number of amides is 1. The fraction of sp³-hybridized carbons (Fsp3) is 0.182. The van der Waals surface area contributed by atoms with Crippen molar-refractivity contribution in [2.45, 2.75) is 6.18 Å². The Balaban J connectivity index is 2.85. The van der Waals surface area contributed by atoms with Crippen LogP contribution >= 0.6 is 0 Å². The number of benzene rings is 1. The highest BCUT2D eigenvalue weighted by Crippen LogP contribution is 2.16. The molecule has 0 aliphatic carbocycles. The Morgan fingerprint density at radius 1 is 1.32 bits per heavy atom. The minimum Gasteiger partial charge on any atom is -0.344 e. The number of hydrogen-bond donors (Lipinski definition) is 1. The van der Waals surface area contributed by atoms with E-state index in [1.165, 1.54) is 12.1 Å². The summed E-state index contributed by atoms with van der Waals surface area (Å²) in [4.78, 5) is 20.3. The Morgan fingerprint density at radius 2 is 1.89 bits per heavy atom. The van der Waals surface area contributed by atoms with Gasteiger partial charge < -0.3 is 5.32 Å². The van der Waals surface area contributed by atoms with E-state index in [2.05, 4.69) is 0 Å². The molecular weight excluding hydrogens is 265 g/mol. The smallest absolute Gasteiger partial charge is 0.344 e. The summed E-state index contributed by atoms with van der Waals surface area (Å²) in [7, 11) is 0. The molecule has 1 aromatic rings. The molecule has 1 amide bonds. The topological polar surface area (TPSA) is 72.2 Å². The molecule has 0 fully saturated rings. The molecule has 8 heteroatoms. The number of nitrogens with zero attached hydrogens (tertiary/aromatic N) is 1. The number of hydrogen-bond acceptors (Lipinski definition) is 3. The quantitative estimate of drug-likeness (QED) is 0.674. The molecule has 19 heavy (non-hydrogen) atoms. The summed E-state index contributed by atoms with van der Waals surface area (Å²) in [6, 6.07) is 7.80. The first-order chi connectivity index (χ1) is 8.80. The van der Waals surface area contributed by atoms with Gasteiger partial charge in [0.05, 0.1) is 4.92 Å². The molecule has 0 atom stereocenters. The van der Waals surface area contributed by atoms with Crippen LogP contribution in [0.25, 0.3) is 5.57 Å². The van der Waals surface area contributed by atoms with Crippen LogP contribution in [0.5, 0.6) is 0 Å². The summed E-state index contributed by atoms with van der Waals surface area (Å²) >= 11 is 0. The Bertz CT molecular complexity index is 498. The van der Waals surface area contributed by atoms with Crippen molar-refractivity contribution in [3.8, 4) is 0 Å². The van der Waals surface area contributed by atoms with Gasteiger partial charge in [0.2, 0.25) is 6.20 Å². The molecule has 0 heterocycles. The van der Waals surface area contributed by atoms with Gasteiger partial charge in [-0.25, -0.2) is 0 Å². The highest BCUT2D eigenvalue weighted by atomic mass is 19.4. The van der Waals surface area contributed by atoms with E-state index in [9.17, 15) is 28.1 Å². The molecule has 0 unspecified atom stereocenters. The van der Waals surface area contributed by atoms with Gasteiger partial charge in [-0.2, -0.15) is 13.2 Å². The predicted octanol–water partition coefficient (Wildman–Crippen LogP) is 1.98. The van der Waals surface area contributed by atoms with Crippen LogP contribution in [-0.2, 0) is 4.79 Å². The van der Waals surface area contributed by atoms with E-state index in [0.29, 0.717) is 11.8 Å². The zero-order valence-electron chi connectivity index (χ0n) is 9.48. The lowest BCUT2D eigenvalue weighted by atomic mass is 10.1. The Kier molecular flexibility index (Phi) is 4.62. The first-order valence-electron chi connectivity index (χ1n) is 5.05. The van der Waals surface area contributed by atoms with Crippen LogP contribution < -0.4 is 5.32 Å². The van der Waals surface area contributed by atoms with Crippen LogP contribution in [0.4, 0.5) is 13.2 Å². The first kappa shape index (κ1) is 14.7. The maximum absolute atomic E-state index is 12.0. The monoisotopic (exact) mass is 274 g/mol. The minimum atomic E-state index is -5.02. The van der Waals surface area contributed by atoms with Gasteiger partial charge in [-0.15, -0.1) is 0 Å². The van der Waals surface area contributed by atoms with Gasteiger partial charge in [0.25, 0.3) is 0 Å². The van der Waals surface area contributed by atoms with E-state index < -0.39 is 23.6 Å². The molecule has 0 aromatic heterocycles. The van der Waals surface area contributed by atoms with Gasteiger partial charge >= 0.3 is 12.1 Å². The highest BCUT2D eigenvalue weighted by Gasteiger charge is 2.38. The Morgan fingerprint density at radius 3 is 2.37 bits per heavy atom. The molecule has 0 aliphatic rings. The third kappa shape index (κ3) is 4.78. The molecule has 1 aromatic carbocycles. The van der Waals surface area contributed by atoms with E-state index in [4.69, 9.17) is 0 Å². The van der Waals surface area contributed by atoms with Crippen molar-refractivity contribution in [1.82, 2.24) is 5.32 Å². The molecule has 0 radical (unpaired) electrons. The van der Waals surface area contributed by atoms with Crippen LogP contribution in [0, 0.1) is 10.1 Å². The average Bonchev–Trinajstić information content (AvgIpc) is 2.33. The van der Waals surface area contributed by atoms with Gasteiger partial charge in [-0.1, -0.05) is 30.3 Å². The van der Waals surface area contributed by atoms with Crippen molar-refractivity contribution in [2.75, 3.05) is 6.54 Å². The summed E-state index contributed by atoms with van der Waals surface area (Å²) in [5, 5.41) is 12.0. The molecule has 5 nitrogen and oxygen atoms in total. The molecule has 0 aliphatic heterocycles. The average molecular weight is 274 g/mol. The number of nitro groups is 1. The summed E-state index contributed by atoms with van der Waals surface area (Å²) in [5.41, 5.74) is 0.338. The SMILES string of the molecule is O=C(NC/C(=C\[N+](=O)[O-])c1ccccc1)C(F)(F)F. The van der Waals surface area contributed by atoms with Gasteiger partial charge in [-0.3, -0.25) is 14.9 Å². The number of carbonyl (C=O) groups is 1. The van der Waals surface area contributed by atoms with Crippen LogP contribution in [0.1, 0.15) is 5.56 Å². The van der Waals surface area contributed by atoms with Crippen LogP contribution in [-0.4, -0.2) is 23.6 Å². The fourth-order valence-corrected chi connectivity index (χ4v) is 1.28. The highest BCUT2D eigenvalue weighted by molar-refractivity contribution is 5.83. The predicted molar refractivity (Wildman–Crippen MR) is 60.5 cm³/mol. The van der Waals surface area contributed by atoms with Crippen molar-refractivity contribution in [3.05, 3.63) is 52.2 Å². The van der Waals surface area contributed by atoms with E-state index in [0.717, 1.165) is 0 Å². The summed E-state index contributed by atoms with van der Waals surface area (Å²) in [6.45, 7) is -0.580. The largest absolute Gasteiger partial charge is 0.471 e. The van der Waals surface area contributed by atoms with E-state index in [1.54, 1.807) is 23.5 Å².